The summed E-state index contributed by atoms with van der Waals surface area (Å²) in [5.74, 6) is -0.765. The van der Waals surface area contributed by atoms with Gasteiger partial charge in [0.2, 0.25) is 0 Å². The largest absolute Gasteiger partial charge is 0.455 e. The molecule has 10 nitrogen and oxygen atoms in total. The van der Waals surface area contributed by atoms with Crippen molar-refractivity contribution < 1.29 is 38.1 Å². The standard InChI is InChI=1S/C26H28N2O8S2/c1-3-4-5-6-16(30)34-15-8-13-10-26-24(32)27-17-12(7-14(33-11(2)29)19-21(17)35-19)9-25(27,37-38-26)23(31)28(26)18(13)22-20(15)36-22/h7-8,14-15,17-22H,3-6,9-10H2,1-2H3/t14-,15-,17-,18-,19-,20-,21+,22+,25+,26+/m0/s1. The summed E-state index contributed by atoms with van der Waals surface area (Å²) >= 11 is 0. The molecular formula is C26H28N2O8S2. The Morgan fingerprint density at radius 3 is 1.92 bits per heavy atom. The van der Waals surface area contributed by atoms with Gasteiger partial charge < -0.3 is 28.7 Å². The molecule has 0 saturated carbocycles. The molecule has 0 unspecified atom stereocenters. The highest BCUT2D eigenvalue weighted by Crippen LogP contribution is 2.71. The average Bonchev–Trinajstić information content (AvgIpc) is 3.78. The second kappa shape index (κ2) is 7.80. The maximum Gasteiger partial charge on any atom is 0.306 e. The van der Waals surface area contributed by atoms with Gasteiger partial charge in [-0.3, -0.25) is 19.2 Å². The number of amides is 2. The molecule has 2 bridgehead atoms. The molecule has 9 aliphatic rings. The van der Waals surface area contributed by atoms with Gasteiger partial charge in [0.1, 0.15) is 36.6 Å². The third-order valence-corrected chi connectivity index (χ3v) is 12.7. The average molecular weight is 561 g/mol. The molecule has 10 atom stereocenters. The number of piperazine rings is 1. The molecule has 7 heterocycles. The van der Waals surface area contributed by atoms with Crippen molar-refractivity contribution in [1.29, 1.82) is 0 Å². The van der Waals surface area contributed by atoms with Gasteiger partial charge in [0, 0.05) is 26.2 Å². The number of hydrogen-bond donors (Lipinski definition) is 0. The molecule has 12 heteroatoms. The van der Waals surface area contributed by atoms with Crippen molar-refractivity contribution >= 4 is 45.3 Å². The Labute approximate surface area is 227 Å². The summed E-state index contributed by atoms with van der Waals surface area (Å²) in [6.07, 6.45) is 5.68. The molecule has 2 amide bonds. The van der Waals surface area contributed by atoms with Gasteiger partial charge in [-0.05, 0) is 29.7 Å². The van der Waals surface area contributed by atoms with E-state index in [4.69, 9.17) is 18.9 Å². The quantitative estimate of drug-likeness (QED) is 0.157. The first-order valence-corrected chi connectivity index (χ1v) is 15.6. The van der Waals surface area contributed by atoms with Crippen LogP contribution in [0.3, 0.4) is 0 Å². The summed E-state index contributed by atoms with van der Waals surface area (Å²) in [5.41, 5.74) is 1.87. The second-order valence-corrected chi connectivity index (χ2v) is 14.1. The summed E-state index contributed by atoms with van der Waals surface area (Å²) in [6, 6.07) is -0.650. The second-order valence-electron chi connectivity index (χ2n) is 11.4. The van der Waals surface area contributed by atoms with E-state index in [1.807, 2.05) is 12.2 Å². The lowest BCUT2D eigenvalue weighted by molar-refractivity contribution is -0.166. The number of nitrogens with zero attached hydrogens (tertiary/aromatic N) is 2. The van der Waals surface area contributed by atoms with Crippen LogP contribution in [-0.2, 0) is 38.1 Å². The van der Waals surface area contributed by atoms with Crippen LogP contribution in [-0.4, -0.2) is 92.0 Å². The van der Waals surface area contributed by atoms with Crippen LogP contribution in [0.5, 0.6) is 0 Å². The topological polar surface area (TPSA) is 118 Å². The lowest BCUT2D eigenvalue weighted by Gasteiger charge is -2.58. The van der Waals surface area contributed by atoms with E-state index in [0.717, 1.165) is 30.4 Å². The Bertz CT molecular complexity index is 1250. The number of fused-ring (bicyclic) bond motifs is 7. The molecule has 2 spiro atoms. The van der Waals surface area contributed by atoms with E-state index >= 15 is 0 Å². The number of carbonyl (C=O) groups is 4. The lowest BCUT2D eigenvalue weighted by atomic mass is 9.91. The molecule has 7 fully saturated rings. The van der Waals surface area contributed by atoms with Crippen LogP contribution in [0.25, 0.3) is 0 Å². The lowest BCUT2D eigenvalue weighted by Crippen LogP contribution is -2.76. The van der Waals surface area contributed by atoms with Gasteiger partial charge in [-0.15, -0.1) is 0 Å². The number of esters is 2. The normalized spacial score (nSPS) is 46.2. The third-order valence-electron chi connectivity index (χ3n) is 9.11. The zero-order chi connectivity index (χ0) is 26.1. The van der Waals surface area contributed by atoms with Crippen LogP contribution in [0.15, 0.2) is 23.3 Å². The van der Waals surface area contributed by atoms with Crippen molar-refractivity contribution in [1.82, 2.24) is 9.80 Å². The molecule has 0 aromatic rings. The molecule has 7 aliphatic heterocycles. The molecule has 38 heavy (non-hydrogen) atoms. The molecule has 9 rings (SSSR count). The Kier molecular flexibility index (Phi) is 4.89. The number of hydrogen-bond acceptors (Lipinski definition) is 10. The minimum Gasteiger partial charge on any atom is -0.455 e. The first-order chi connectivity index (χ1) is 18.3. The van der Waals surface area contributed by atoms with Crippen molar-refractivity contribution in [3.8, 4) is 0 Å². The van der Waals surface area contributed by atoms with Crippen LogP contribution in [0.4, 0.5) is 0 Å². The van der Waals surface area contributed by atoms with E-state index in [-0.39, 0.29) is 60.3 Å². The fourth-order valence-electron chi connectivity index (χ4n) is 7.45. The number of epoxide rings is 2. The fraction of sp³-hybridized carbons (Fsp3) is 0.692. The van der Waals surface area contributed by atoms with E-state index in [1.54, 1.807) is 9.80 Å². The third kappa shape index (κ3) is 2.95. The predicted molar refractivity (Wildman–Crippen MR) is 134 cm³/mol. The maximum absolute atomic E-state index is 14.3. The molecular weight excluding hydrogens is 532 g/mol. The zero-order valence-corrected chi connectivity index (χ0v) is 22.6. The maximum atomic E-state index is 14.3. The van der Waals surface area contributed by atoms with Crippen LogP contribution >= 0.6 is 21.6 Å². The first kappa shape index (κ1) is 23.8. The Morgan fingerprint density at radius 1 is 0.895 bits per heavy atom. The van der Waals surface area contributed by atoms with Gasteiger partial charge in [0.25, 0.3) is 11.8 Å². The first-order valence-electron chi connectivity index (χ1n) is 13.4. The summed E-state index contributed by atoms with van der Waals surface area (Å²) in [4.78, 5) is 54.2. The Balaban J connectivity index is 1.10. The molecule has 0 aromatic heterocycles. The number of unbranched alkanes of at least 4 members (excludes halogenated alkanes) is 2. The minimum absolute atomic E-state index is 0.0740. The summed E-state index contributed by atoms with van der Waals surface area (Å²) in [6.45, 7) is 3.46. The number of carbonyl (C=O) groups excluding carboxylic acids is 4. The smallest absolute Gasteiger partial charge is 0.306 e. The number of rotatable bonds is 6. The molecule has 0 N–H and O–H groups in total. The molecule has 202 valence electrons. The monoisotopic (exact) mass is 560 g/mol. The highest BCUT2D eigenvalue weighted by atomic mass is 33.1. The SMILES string of the molecule is CCCCCC(=O)O[C@H]1C=C2C[C@@]34SS[C@]5(CC6=C[C@H](OC(C)=O)[C@@H]7O[C@@H]7[C@H]6N5C3=O)C(=O)N4[C@@H]2[C@H]2O[C@H]21. The van der Waals surface area contributed by atoms with Crippen molar-refractivity contribution in [3.05, 3.63) is 23.3 Å². The van der Waals surface area contributed by atoms with Gasteiger partial charge in [-0.25, -0.2) is 0 Å². The fourth-order valence-corrected chi connectivity index (χ4v) is 11.2. The van der Waals surface area contributed by atoms with Gasteiger partial charge in [0.05, 0.1) is 12.1 Å². The summed E-state index contributed by atoms with van der Waals surface area (Å²) in [5, 5.41) is 0. The van der Waals surface area contributed by atoms with Crippen LogP contribution in [0.1, 0.15) is 52.4 Å². The highest BCUT2D eigenvalue weighted by molar-refractivity contribution is 8.78. The molecule has 2 aliphatic carbocycles. The van der Waals surface area contributed by atoms with E-state index in [9.17, 15) is 19.2 Å². The van der Waals surface area contributed by atoms with Crippen molar-refractivity contribution in [2.45, 2.75) is 111 Å². The molecule has 7 saturated heterocycles. The van der Waals surface area contributed by atoms with Gasteiger partial charge >= 0.3 is 11.9 Å². The van der Waals surface area contributed by atoms with Crippen LogP contribution in [0, 0.1) is 0 Å². The van der Waals surface area contributed by atoms with Gasteiger partial charge in [0.15, 0.2) is 9.74 Å². The molecule has 0 aromatic carbocycles. The Morgan fingerprint density at radius 2 is 1.42 bits per heavy atom. The number of ether oxygens (including phenoxy) is 4. The van der Waals surface area contributed by atoms with Gasteiger partial charge in [-0.2, -0.15) is 0 Å². The molecule has 0 radical (unpaired) electrons. The zero-order valence-electron chi connectivity index (χ0n) is 21.0. The van der Waals surface area contributed by atoms with E-state index in [1.165, 1.54) is 28.5 Å². The van der Waals surface area contributed by atoms with E-state index in [0.29, 0.717) is 19.3 Å². The van der Waals surface area contributed by atoms with Gasteiger partial charge in [-0.1, -0.05) is 41.4 Å². The summed E-state index contributed by atoms with van der Waals surface area (Å²) < 4.78 is 23.1. The van der Waals surface area contributed by atoms with Crippen molar-refractivity contribution in [3.63, 3.8) is 0 Å². The predicted octanol–water partition coefficient (Wildman–Crippen LogP) is 1.83. The Hall–Kier alpha value is -2.02. The van der Waals surface area contributed by atoms with E-state index in [2.05, 4.69) is 6.92 Å². The van der Waals surface area contributed by atoms with E-state index < -0.39 is 21.9 Å². The minimum atomic E-state index is -1.05. The van der Waals surface area contributed by atoms with Crippen molar-refractivity contribution in [2.75, 3.05) is 0 Å². The van der Waals surface area contributed by atoms with Crippen LogP contribution < -0.4 is 0 Å². The summed E-state index contributed by atoms with van der Waals surface area (Å²) in [7, 11) is 2.94. The van der Waals surface area contributed by atoms with Crippen LogP contribution in [0.2, 0.25) is 0 Å². The van der Waals surface area contributed by atoms with Crippen molar-refractivity contribution in [2.24, 2.45) is 0 Å². The highest BCUT2D eigenvalue weighted by Gasteiger charge is 2.80.